The molecule has 0 aliphatic heterocycles. The third kappa shape index (κ3) is 5.96. The highest BCUT2D eigenvalue weighted by molar-refractivity contribution is 6.17. The van der Waals surface area contributed by atoms with Crippen LogP contribution >= 0.6 is 11.6 Å². The molecule has 0 amide bonds. The monoisotopic (exact) mass is 304 g/mol. The molecule has 0 heterocycles. The molecular formula is C11H10ClF5O2. The molecule has 0 bridgehead atoms. The van der Waals surface area contributed by atoms with Crippen LogP contribution in [-0.2, 0) is 6.42 Å². The molecular weight excluding hydrogens is 295 g/mol. The van der Waals surface area contributed by atoms with Crippen LogP contribution in [0.2, 0.25) is 0 Å². The zero-order chi connectivity index (χ0) is 14.5. The van der Waals surface area contributed by atoms with E-state index in [-0.39, 0.29) is 17.9 Å². The highest BCUT2D eigenvalue weighted by Gasteiger charge is 2.32. The Labute approximate surface area is 111 Å². The summed E-state index contributed by atoms with van der Waals surface area (Å²) in [6.45, 7) is -3.12. The van der Waals surface area contributed by atoms with Gasteiger partial charge in [0.1, 0.15) is 11.5 Å². The predicted octanol–water partition coefficient (Wildman–Crippen LogP) is 4.36. The Morgan fingerprint density at radius 1 is 1.21 bits per heavy atom. The molecule has 8 heteroatoms. The van der Waals surface area contributed by atoms with E-state index in [4.69, 9.17) is 11.6 Å². The van der Waals surface area contributed by atoms with E-state index in [1.54, 1.807) is 0 Å². The van der Waals surface area contributed by atoms with Crippen LogP contribution in [0.25, 0.3) is 0 Å². The van der Waals surface area contributed by atoms with E-state index in [0.29, 0.717) is 6.42 Å². The zero-order valence-electron chi connectivity index (χ0n) is 9.52. The Morgan fingerprint density at radius 2 is 1.89 bits per heavy atom. The second-order valence-electron chi connectivity index (χ2n) is 3.49. The lowest BCUT2D eigenvalue weighted by molar-refractivity contribution is -0.274. The van der Waals surface area contributed by atoms with Gasteiger partial charge in [-0.1, -0.05) is 6.07 Å². The summed E-state index contributed by atoms with van der Waals surface area (Å²) >= 11 is 5.45. The average molecular weight is 305 g/mol. The Morgan fingerprint density at radius 3 is 2.42 bits per heavy atom. The van der Waals surface area contributed by atoms with Crippen molar-refractivity contribution in [1.29, 1.82) is 0 Å². The van der Waals surface area contributed by atoms with Crippen molar-refractivity contribution < 1.29 is 31.4 Å². The molecule has 1 aromatic rings. The van der Waals surface area contributed by atoms with Crippen molar-refractivity contribution in [2.24, 2.45) is 0 Å². The minimum atomic E-state index is -4.90. The van der Waals surface area contributed by atoms with Crippen molar-refractivity contribution in [1.82, 2.24) is 0 Å². The summed E-state index contributed by atoms with van der Waals surface area (Å²) in [6.07, 6.45) is -4.23. The molecule has 0 aliphatic rings. The molecule has 1 aromatic carbocycles. The maximum absolute atomic E-state index is 12.2. The third-order valence-electron chi connectivity index (χ3n) is 2.07. The minimum absolute atomic E-state index is 0.222. The number of aryl methyl sites for hydroxylation is 1. The summed E-state index contributed by atoms with van der Waals surface area (Å²) in [5.74, 6) is -0.694. The maximum Gasteiger partial charge on any atom is 0.573 e. The normalized spacial score (nSPS) is 11.7. The Bertz CT molecular complexity index is 409. The fourth-order valence-corrected chi connectivity index (χ4v) is 1.53. The van der Waals surface area contributed by atoms with E-state index < -0.39 is 24.5 Å². The van der Waals surface area contributed by atoms with Gasteiger partial charge in [-0.25, -0.2) is 0 Å². The topological polar surface area (TPSA) is 18.5 Å². The fraction of sp³-hybridized carbons (Fsp3) is 0.455. The smallest absolute Gasteiger partial charge is 0.435 e. The second kappa shape index (κ2) is 6.79. The quantitative estimate of drug-likeness (QED) is 0.574. The van der Waals surface area contributed by atoms with Crippen LogP contribution < -0.4 is 9.47 Å². The molecule has 0 spiro atoms. The first-order valence-electron chi connectivity index (χ1n) is 5.21. The average Bonchev–Trinajstić information content (AvgIpc) is 2.25. The van der Waals surface area contributed by atoms with Gasteiger partial charge in [0.25, 0.3) is 0 Å². The first kappa shape index (κ1) is 15.8. The Balaban J connectivity index is 2.96. The molecule has 19 heavy (non-hydrogen) atoms. The van der Waals surface area contributed by atoms with Crippen molar-refractivity contribution in [3.05, 3.63) is 23.8 Å². The van der Waals surface area contributed by atoms with Gasteiger partial charge in [-0.05, 0) is 24.5 Å². The first-order chi connectivity index (χ1) is 8.81. The molecule has 0 radical (unpaired) electrons. The van der Waals surface area contributed by atoms with Gasteiger partial charge in [-0.2, -0.15) is 8.78 Å². The van der Waals surface area contributed by atoms with Crippen LogP contribution in [0.15, 0.2) is 18.2 Å². The van der Waals surface area contributed by atoms with Crippen molar-refractivity contribution >= 4 is 11.6 Å². The summed E-state index contributed by atoms with van der Waals surface area (Å²) < 4.78 is 68.4. The fourth-order valence-electron chi connectivity index (χ4n) is 1.39. The summed E-state index contributed by atoms with van der Waals surface area (Å²) in [5, 5.41) is 0. The van der Waals surface area contributed by atoms with Crippen LogP contribution in [0, 0.1) is 0 Å². The second-order valence-corrected chi connectivity index (χ2v) is 3.87. The zero-order valence-corrected chi connectivity index (χ0v) is 10.3. The van der Waals surface area contributed by atoms with E-state index in [9.17, 15) is 22.0 Å². The molecule has 0 unspecified atom stereocenters. The largest absolute Gasteiger partial charge is 0.573 e. The number of halogens is 6. The highest BCUT2D eigenvalue weighted by Crippen LogP contribution is 2.31. The van der Waals surface area contributed by atoms with Gasteiger partial charge in [0, 0.05) is 11.9 Å². The van der Waals surface area contributed by atoms with Crippen molar-refractivity contribution in [2.45, 2.75) is 25.8 Å². The highest BCUT2D eigenvalue weighted by atomic mass is 35.5. The van der Waals surface area contributed by atoms with Gasteiger partial charge >= 0.3 is 13.0 Å². The van der Waals surface area contributed by atoms with Gasteiger partial charge in [0.05, 0.1) is 0 Å². The Kier molecular flexibility index (Phi) is 5.65. The van der Waals surface area contributed by atoms with E-state index in [1.807, 2.05) is 0 Å². The Hall–Kier alpha value is -1.24. The number of hydrogen-bond acceptors (Lipinski definition) is 2. The molecule has 0 saturated heterocycles. The molecule has 0 aliphatic carbocycles. The lowest BCUT2D eigenvalue weighted by Crippen LogP contribution is -2.18. The summed E-state index contributed by atoms with van der Waals surface area (Å²) in [6, 6.07) is 3.17. The molecule has 108 valence electrons. The number of rotatable bonds is 6. The number of ether oxygens (including phenoxy) is 2. The molecule has 0 N–H and O–H groups in total. The third-order valence-corrected chi connectivity index (χ3v) is 2.34. The van der Waals surface area contributed by atoms with Crippen molar-refractivity contribution in [3.63, 3.8) is 0 Å². The van der Waals surface area contributed by atoms with Gasteiger partial charge in [0.15, 0.2) is 0 Å². The van der Waals surface area contributed by atoms with Crippen molar-refractivity contribution in [2.75, 3.05) is 5.88 Å². The van der Waals surface area contributed by atoms with E-state index in [2.05, 4.69) is 9.47 Å². The SMILES string of the molecule is FC(F)Oc1ccc(CCCCl)c(OC(F)(F)F)c1. The van der Waals surface area contributed by atoms with Crippen LogP contribution in [0.4, 0.5) is 22.0 Å². The minimum Gasteiger partial charge on any atom is -0.435 e. The van der Waals surface area contributed by atoms with Crippen LogP contribution in [0.1, 0.15) is 12.0 Å². The van der Waals surface area contributed by atoms with E-state index >= 15 is 0 Å². The van der Waals surface area contributed by atoms with E-state index in [1.165, 1.54) is 6.07 Å². The number of benzene rings is 1. The molecule has 0 aromatic heterocycles. The molecule has 2 nitrogen and oxygen atoms in total. The van der Waals surface area contributed by atoms with E-state index in [0.717, 1.165) is 12.1 Å². The van der Waals surface area contributed by atoms with Gasteiger partial charge in [0.2, 0.25) is 0 Å². The van der Waals surface area contributed by atoms with Crippen LogP contribution in [0.3, 0.4) is 0 Å². The summed E-state index contributed by atoms with van der Waals surface area (Å²) in [4.78, 5) is 0. The summed E-state index contributed by atoms with van der Waals surface area (Å²) in [5.41, 5.74) is 0.222. The van der Waals surface area contributed by atoms with Gasteiger partial charge in [-0.3, -0.25) is 0 Å². The lowest BCUT2D eigenvalue weighted by atomic mass is 10.1. The molecule has 1 rings (SSSR count). The van der Waals surface area contributed by atoms with Gasteiger partial charge < -0.3 is 9.47 Å². The maximum atomic E-state index is 12.2. The number of hydrogen-bond donors (Lipinski definition) is 0. The lowest BCUT2D eigenvalue weighted by Gasteiger charge is -2.14. The number of alkyl halides is 6. The van der Waals surface area contributed by atoms with Crippen LogP contribution in [-0.4, -0.2) is 18.9 Å². The molecule has 0 fully saturated rings. The van der Waals surface area contributed by atoms with Crippen LogP contribution in [0.5, 0.6) is 11.5 Å². The van der Waals surface area contributed by atoms with Gasteiger partial charge in [-0.15, -0.1) is 24.8 Å². The van der Waals surface area contributed by atoms with Crippen molar-refractivity contribution in [3.8, 4) is 11.5 Å². The molecule has 0 saturated carbocycles. The predicted molar refractivity (Wildman–Crippen MR) is 58.8 cm³/mol. The summed E-state index contributed by atoms with van der Waals surface area (Å²) in [7, 11) is 0. The molecule has 0 atom stereocenters. The first-order valence-corrected chi connectivity index (χ1v) is 5.74. The standard InChI is InChI=1S/C11H10ClF5O2/c12-5-1-2-7-3-4-8(18-10(13)14)6-9(7)19-11(15,16)17/h3-4,6,10H,1-2,5H2.